The van der Waals surface area contributed by atoms with Crippen LogP contribution in [0.2, 0.25) is 0 Å². The molecule has 0 aromatic heterocycles. The first kappa shape index (κ1) is 20.3. The summed E-state index contributed by atoms with van der Waals surface area (Å²) in [4.78, 5) is 10.4. The van der Waals surface area contributed by atoms with E-state index in [1.165, 1.54) is 0 Å². The molecule has 0 unspecified atom stereocenters. The van der Waals surface area contributed by atoms with Gasteiger partial charge in [0.05, 0.1) is 13.2 Å². The number of unbranched alkanes of at least 4 members (excludes halogenated alkanes) is 6. The van der Waals surface area contributed by atoms with Crippen molar-refractivity contribution in [1.29, 1.82) is 0 Å². The third-order valence-electron chi connectivity index (χ3n) is 4.57. The van der Waals surface area contributed by atoms with E-state index in [-0.39, 0.29) is 6.42 Å². The number of carboxylic acid groups (broad SMARTS) is 1. The van der Waals surface area contributed by atoms with E-state index >= 15 is 0 Å². The second-order valence-electron chi connectivity index (χ2n) is 6.37. The van der Waals surface area contributed by atoms with Gasteiger partial charge in [0.25, 0.3) is 0 Å². The lowest BCUT2D eigenvalue weighted by atomic mass is 9.89. The van der Waals surface area contributed by atoms with Gasteiger partial charge < -0.3 is 30.3 Å². The van der Waals surface area contributed by atoms with Gasteiger partial charge in [-0.25, -0.2) is 0 Å². The summed E-state index contributed by atoms with van der Waals surface area (Å²) in [6.07, 6.45) is 3.74. The van der Waals surface area contributed by atoms with Crippen LogP contribution in [0, 0.1) is 0 Å². The highest BCUT2D eigenvalue weighted by atomic mass is 16.6. The van der Waals surface area contributed by atoms with E-state index in [4.69, 9.17) is 14.9 Å². The maximum Gasteiger partial charge on any atom is 0.303 e. The number of aliphatic carboxylic acids is 1. The maximum absolute atomic E-state index is 10.4. The average molecular weight is 334 g/mol. The summed E-state index contributed by atoms with van der Waals surface area (Å²) >= 11 is 0. The van der Waals surface area contributed by atoms with E-state index in [9.17, 15) is 20.1 Å². The molecule has 0 aromatic carbocycles. The van der Waals surface area contributed by atoms with Crippen LogP contribution in [-0.4, -0.2) is 68.6 Å². The molecule has 4 atom stereocenters. The summed E-state index contributed by atoms with van der Waals surface area (Å²) in [7, 11) is 0. The van der Waals surface area contributed by atoms with Crippen LogP contribution in [0.4, 0.5) is 0 Å². The lowest BCUT2D eigenvalue weighted by molar-refractivity contribution is -0.137. The van der Waals surface area contributed by atoms with Crippen molar-refractivity contribution in [3.05, 3.63) is 0 Å². The molecule has 0 aromatic rings. The Hall–Kier alpha value is -0.730. The Bertz CT molecular complexity index is 349. The van der Waals surface area contributed by atoms with E-state index in [1.54, 1.807) is 0 Å². The molecule has 0 bridgehead atoms. The molecule has 0 radical (unpaired) electrons. The number of rotatable bonds is 12. The minimum atomic E-state index is -1.19. The van der Waals surface area contributed by atoms with E-state index < -0.39 is 43.1 Å². The zero-order chi connectivity index (χ0) is 17.3. The van der Waals surface area contributed by atoms with Gasteiger partial charge in [0, 0.05) is 6.42 Å². The highest BCUT2D eigenvalue weighted by Crippen LogP contribution is 2.35. The fourth-order valence-electron chi connectivity index (χ4n) is 3.10. The van der Waals surface area contributed by atoms with Crippen LogP contribution in [0.15, 0.2) is 0 Å². The molecule has 7 heteroatoms. The van der Waals surface area contributed by atoms with Crippen molar-refractivity contribution in [2.75, 3.05) is 13.2 Å². The third kappa shape index (κ3) is 6.00. The number of hydrogen-bond acceptors (Lipinski definition) is 6. The van der Waals surface area contributed by atoms with Crippen molar-refractivity contribution in [2.24, 2.45) is 0 Å². The fraction of sp³-hybridized carbons (Fsp3) is 0.938. The molecule has 1 fully saturated rings. The summed E-state index contributed by atoms with van der Waals surface area (Å²) in [5.74, 6) is -0.752. The molecule has 0 aliphatic carbocycles. The van der Waals surface area contributed by atoms with Gasteiger partial charge in [-0.15, -0.1) is 0 Å². The third-order valence-corrected chi connectivity index (χ3v) is 4.57. The van der Waals surface area contributed by atoms with Gasteiger partial charge in [-0.3, -0.25) is 4.79 Å². The highest BCUT2D eigenvalue weighted by molar-refractivity contribution is 5.66. The van der Waals surface area contributed by atoms with Gasteiger partial charge in [0.1, 0.15) is 23.9 Å². The van der Waals surface area contributed by atoms with Crippen molar-refractivity contribution in [3.63, 3.8) is 0 Å². The van der Waals surface area contributed by atoms with Crippen LogP contribution in [0.1, 0.15) is 57.8 Å². The number of hydrogen-bond donors (Lipinski definition) is 5. The maximum atomic E-state index is 10.4. The molecule has 0 spiro atoms. The second-order valence-corrected chi connectivity index (χ2v) is 6.37. The number of aliphatic hydroxyl groups excluding tert-OH is 4. The molecule has 1 aliphatic rings. The molecule has 1 heterocycles. The van der Waals surface area contributed by atoms with Gasteiger partial charge in [-0.2, -0.15) is 0 Å². The molecule has 23 heavy (non-hydrogen) atoms. The van der Waals surface area contributed by atoms with Crippen molar-refractivity contribution >= 4 is 5.97 Å². The largest absolute Gasteiger partial charge is 0.481 e. The number of ether oxygens (including phenoxy) is 1. The standard InChI is InChI=1S/C16H30O7/c17-10-12-14(21)15(22)16(11-18,23-12)9-7-5-3-1-2-4-6-8-13(19)20/h12,14-15,17-18,21-22H,1-11H2,(H,19,20)/t12-,14-,15+,16-/m1/s1. The summed E-state index contributed by atoms with van der Waals surface area (Å²) in [6, 6.07) is 0. The Balaban J connectivity index is 2.17. The van der Waals surface area contributed by atoms with Gasteiger partial charge in [-0.05, 0) is 12.8 Å². The quantitative estimate of drug-likeness (QED) is 0.327. The van der Waals surface area contributed by atoms with Gasteiger partial charge in [0.2, 0.25) is 0 Å². The molecule has 0 amide bonds. The molecule has 5 N–H and O–H groups in total. The topological polar surface area (TPSA) is 127 Å². The van der Waals surface area contributed by atoms with Crippen molar-refractivity contribution in [2.45, 2.75) is 81.7 Å². The van der Waals surface area contributed by atoms with Gasteiger partial charge in [0.15, 0.2) is 0 Å². The SMILES string of the molecule is O=C(O)CCCCCCCCC[C@]1(CO)O[C@H](CO)[C@@H](O)[C@@H]1O. The van der Waals surface area contributed by atoms with Crippen LogP contribution in [0.5, 0.6) is 0 Å². The smallest absolute Gasteiger partial charge is 0.303 e. The first-order valence-electron chi connectivity index (χ1n) is 8.44. The lowest BCUT2D eigenvalue weighted by Crippen LogP contribution is -2.46. The zero-order valence-electron chi connectivity index (χ0n) is 13.6. The molecule has 1 saturated heterocycles. The molecule has 7 nitrogen and oxygen atoms in total. The van der Waals surface area contributed by atoms with Crippen molar-refractivity contribution < 1.29 is 35.1 Å². The van der Waals surface area contributed by atoms with E-state index in [0.717, 1.165) is 38.5 Å². The molecular weight excluding hydrogens is 304 g/mol. The van der Waals surface area contributed by atoms with Crippen molar-refractivity contribution in [3.8, 4) is 0 Å². The molecule has 1 aliphatic heterocycles. The monoisotopic (exact) mass is 334 g/mol. The minimum Gasteiger partial charge on any atom is -0.481 e. The first-order chi connectivity index (χ1) is 11.0. The molecule has 136 valence electrons. The summed E-state index contributed by atoms with van der Waals surface area (Å²) < 4.78 is 5.50. The summed E-state index contributed by atoms with van der Waals surface area (Å²) in [5.41, 5.74) is -1.19. The number of carbonyl (C=O) groups is 1. The Morgan fingerprint density at radius 1 is 0.957 bits per heavy atom. The fourth-order valence-corrected chi connectivity index (χ4v) is 3.10. The predicted molar refractivity (Wildman–Crippen MR) is 83.0 cm³/mol. The molecular formula is C16H30O7. The number of carboxylic acids is 1. The Morgan fingerprint density at radius 3 is 2.00 bits per heavy atom. The summed E-state index contributed by atoms with van der Waals surface area (Å²) in [6.45, 7) is -0.784. The number of aliphatic hydroxyl groups is 4. The van der Waals surface area contributed by atoms with Crippen LogP contribution >= 0.6 is 0 Å². The van der Waals surface area contributed by atoms with Crippen molar-refractivity contribution in [1.82, 2.24) is 0 Å². The average Bonchev–Trinajstić information content (AvgIpc) is 2.78. The normalized spacial score (nSPS) is 30.7. The second kappa shape index (κ2) is 10.2. The molecule has 0 saturated carbocycles. The lowest BCUT2D eigenvalue weighted by Gasteiger charge is -2.30. The van der Waals surface area contributed by atoms with Gasteiger partial charge in [-0.1, -0.05) is 38.5 Å². The highest BCUT2D eigenvalue weighted by Gasteiger charge is 2.52. The van der Waals surface area contributed by atoms with E-state index in [2.05, 4.69) is 0 Å². The van der Waals surface area contributed by atoms with Crippen LogP contribution in [0.3, 0.4) is 0 Å². The van der Waals surface area contributed by atoms with Gasteiger partial charge >= 0.3 is 5.97 Å². The summed E-state index contributed by atoms with van der Waals surface area (Å²) in [5, 5.41) is 47.0. The van der Waals surface area contributed by atoms with Crippen LogP contribution in [0.25, 0.3) is 0 Å². The Morgan fingerprint density at radius 2 is 1.52 bits per heavy atom. The predicted octanol–water partition coefficient (Wildman–Crippen LogP) is 0.426. The first-order valence-corrected chi connectivity index (χ1v) is 8.44. The Kier molecular flexibility index (Phi) is 9.01. The Labute approximate surface area is 136 Å². The van der Waals surface area contributed by atoms with E-state index in [0.29, 0.717) is 12.8 Å². The molecule has 1 rings (SSSR count). The van der Waals surface area contributed by atoms with Crippen LogP contribution < -0.4 is 0 Å². The van der Waals surface area contributed by atoms with E-state index in [1.807, 2.05) is 0 Å². The minimum absolute atomic E-state index is 0.225. The van der Waals surface area contributed by atoms with Crippen LogP contribution in [-0.2, 0) is 9.53 Å². The zero-order valence-corrected chi connectivity index (χ0v) is 13.6.